The van der Waals surface area contributed by atoms with E-state index in [1.54, 1.807) is 0 Å². The molecule has 0 amide bonds. The number of carboxylic acids is 1. The van der Waals surface area contributed by atoms with Crippen molar-refractivity contribution in [3.63, 3.8) is 0 Å². The number of allylic oxidation sites excluding steroid dienone is 3. The molecule has 60 valence electrons. The first kappa shape index (κ1) is 8.05. The van der Waals surface area contributed by atoms with E-state index >= 15 is 0 Å². The molecule has 1 aliphatic carbocycles. The van der Waals surface area contributed by atoms with Crippen LogP contribution in [0.3, 0.4) is 0 Å². The second kappa shape index (κ2) is 3.37. The molecule has 1 N–H and O–H groups in total. The van der Waals surface area contributed by atoms with Crippen molar-refractivity contribution in [2.24, 2.45) is 5.92 Å². The van der Waals surface area contributed by atoms with Crippen molar-refractivity contribution in [3.8, 4) is 0 Å². The van der Waals surface area contributed by atoms with Crippen LogP contribution < -0.4 is 0 Å². The van der Waals surface area contributed by atoms with Gasteiger partial charge < -0.3 is 5.11 Å². The number of carboxylic acid groups (broad SMARTS) is 1. The molecule has 2 heteroatoms. The molecule has 0 heterocycles. The van der Waals surface area contributed by atoms with Crippen LogP contribution in [0.1, 0.15) is 19.8 Å². The maximum absolute atomic E-state index is 10.6. The second-order valence-corrected chi connectivity index (χ2v) is 2.64. The number of carbonyl (C=O) groups is 1. The fourth-order valence-corrected chi connectivity index (χ4v) is 1.29. The van der Waals surface area contributed by atoms with Crippen molar-refractivity contribution >= 4 is 5.97 Å². The summed E-state index contributed by atoms with van der Waals surface area (Å²) in [6.07, 6.45) is 7.43. The van der Waals surface area contributed by atoms with Crippen LogP contribution in [0.15, 0.2) is 23.8 Å². The second-order valence-electron chi connectivity index (χ2n) is 2.64. The summed E-state index contributed by atoms with van der Waals surface area (Å²) in [6.45, 7) is 1.89. The smallest absolute Gasteiger partial charge is 0.310 e. The van der Waals surface area contributed by atoms with Gasteiger partial charge in [0.1, 0.15) is 0 Å². The molecule has 0 aromatic rings. The van der Waals surface area contributed by atoms with Crippen molar-refractivity contribution in [3.05, 3.63) is 23.8 Å². The van der Waals surface area contributed by atoms with Crippen LogP contribution in [0.2, 0.25) is 0 Å². The van der Waals surface area contributed by atoms with Crippen LogP contribution in [-0.2, 0) is 4.79 Å². The minimum atomic E-state index is -0.717. The Kier molecular flexibility index (Phi) is 2.47. The van der Waals surface area contributed by atoms with Gasteiger partial charge in [0.2, 0.25) is 0 Å². The van der Waals surface area contributed by atoms with Crippen molar-refractivity contribution in [2.45, 2.75) is 19.8 Å². The number of hydrogen-bond donors (Lipinski definition) is 1. The quantitative estimate of drug-likeness (QED) is 0.671. The van der Waals surface area contributed by atoms with E-state index in [2.05, 4.69) is 0 Å². The largest absolute Gasteiger partial charge is 0.481 e. The Morgan fingerprint density at radius 1 is 1.82 bits per heavy atom. The average molecular weight is 152 g/mol. The van der Waals surface area contributed by atoms with Crippen molar-refractivity contribution < 1.29 is 9.90 Å². The molecule has 0 saturated carbocycles. The molecule has 0 bridgehead atoms. The van der Waals surface area contributed by atoms with Gasteiger partial charge in [-0.05, 0) is 18.4 Å². The molecule has 1 aliphatic rings. The Morgan fingerprint density at radius 2 is 2.55 bits per heavy atom. The zero-order valence-electron chi connectivity index (χ0n) is 6.58. The van der Waals surface area contributed by atoms with Gasteiger partial charge in [-0.2, -0.15) is 0 Å². The average Bonchev–Trinajstić information content (AvgIpc) is 2.40. The highest BCUT2D eigenvalue weighted by Gasteiger charge is 2.18. The first-order chi connectivity index (χ1) is 5.25. The highest BCUT2D eigenvalue weighted by atomic mass is 16.4. The standard InChI is InChI=1S/C9H12O2/c1-2-8(9(10)11)7-5-3-4-6-7/h3,5-6,8H,2,4H2,1H3,(H,10,11). The minimum Gasteiger partial charge on any atom is -0.481 e. The molecule has 0 radical (unpaired) electrons. The van der Waals surface area contributed by atoms with Crippen LogP contribution in [0.25, 0.3) is 0 Å². The number of rotatable bonds is 3. The van der Waals surface area contributed by atoms with E-state index in [0.29, 0.717) is 6.42 Å². The fraction of sp³-hybridized carbons (Fsp3) is 0.444. The van der Waals surface area contributed by atoms with Crippen molar-refractivity contribution in [1.82, 2.24) is 0 Å². The normalized spacial score (nSPS) is 18.1. The Labute approximate surface area is 66.2 Å². The maximum atomic E-state index is 10.6. The lowest BCUT2D eigenvalue weighted by Crippen LogP contribution is -2.13. The zero-order chi connectivity index (χ0) is 8.27. The van der Waals surface area contributed by atoms with Gasteiger partial charge in [0.05, 0.1) is 5.92 Å². The molecule has 0 aliphatic heterocycles. The van der Waals surface area contributed by atoms with Gasteiger partial charge in [0.25, 0.3) is 0 Å². The number of hydrogen-bond acceptors (Lipinski definition) is 1. The summed E-state index contributed by atoms with van der Waals surface area (Å²) in [5, 5.41) is 8.76. The summed E-state index contributed by atoms with van der Waals surface area (Å²) in [4.78, 5) is 10.6. The SMILES string of the molecule is CCC(C(=O)O)C1=CCC=C1. The molecule has 0 spiro atoms. The summed E-state index contributed by atoms with van der Waals surface area (Å²) >= 11 is 0. The third-order valence-electron chi connectivity index (χ3n) is 1.91. The highest BCUT2D eigenvalue weighted by molar-refractivity contribution is 5.74. The van der Waals surface area contributed by atoms with Crippen LogP contribution in [0.4, 0.5) is 0 Å². The molecule has 0 aromatic heterocycles. The van der Waals surface area contributed by atoms with Gasteiger partial charge in [-0.3, -0.25) is 4.79 Å². The topological polar surface area (TPSA) is 37.3 Å². The van der Waals surface area contributed by atoms with E-state index in [1.807, 2.05) is 25.2 Å². The van der Waals surface area contributed by atoms with E-state index in [1.165, 1.54) is 0 Å². The van der Waals surface area contributed by atoms with E-state index in [9.17, 15) is 4.79 Å². The van der Waals surface area contributed by atoms with Gasteiger partial charge >= 0.3 is 5.97 Å². The van der Waals surface area contributed by atoms with Gasteiger partial charge in [-0.1, -0.05) is 25.2 Å². The maximum Gasteiger partial charge on any atom is 0.310 e. The molecular weight excluding hydrogens is 140 g/mol. The molecule has 11 heavy (non-hydrogen) atoms. The molecule has 0 saturated heterocycles. The lowest BCUT2D eigenvalue weighted by atomic mass is 9.98. The predicted octanol–water partition coefficient (Wildman–Crippen LogP) is 1.98. The molecule has 1 unspecified atom stereocenters. The van der Waals surface area contributed by atoms with Crippen LogP contribution in [-0.4, -0.2) is 11.1 Å². The molecule has 1 atom stereocenters. The molecular formula is C9H12O2. The van der Waals surface area contributed by atoms with E-state index in [4.69, 9.17) is 5.11 Å². The van der Waals surface area contributed by atoms with Gasteiger partial charge in [-0.25, -0.2) is 0 Å². The first-order valence-electron chi connectivity index (χ1n) is 3.85. The van der Waals surface area contributed by atoms with Crippen LogP contribution >= 0.6 is 0 Å². The van der Waals surface area contributed by atoms with E-state index in [-0.39, 0.29) is 5.92 Å². The fourth-order valence-electron chi connectivity index (χ4n) is 1.29. The molecule has 2 nitrogen and oxygen atoms in total. The summed E-state index contributed by atoms with van der Waals surface area (Å²) in [7, 11) is 0. The third-order valence-corrected chi connectivity index (χ3v) is 1.91. The predicted molar refractivity (Wildman–Crippen MR) is 43.3 cm³/mol. The van der Waals surface area contributed by atoms with Crippen LogP contribution in [0.5, 0.6) is 0 Å². The Hall–Kier alpha value is -1.05. The van der Waals surface area contributed by atoms with Crippen molar-refractivity contribution in [2.75, 3.05) is 0 Å². The van der Waals surface area contributed by atoms with Gasteiger partial charge in [0.15, 0.2) is 0 Å². The molecule has 0 aromatic carbocycles. The third kappa shape index (κ3) is 1.70. The summed E-state index contributed by atoms with van der Waals surface area (Å²) in [5.74, 6) is -1.01. The summed E-state index contributed by atoms with van der Waals surface area (Å²) < 4.78 is 0. The Balaban J connectivity index is 2.69. The lowest BCUT2D eigenvalue weighted by molar-refractivity contribution is -0.140. The van der Waals surface area contributed by atoms with Gasteiger partial charge in [0, 0.05) is 0 Å². The minimum absolute atomic E-state index is 0.297. The molecule has 1 rings (SSSR count). The lowest BCUT2D eigenvalue weighted by Gasteiger charge is -2.07. The highest BCUT2D eigenvalue weighted by Crippen LogP contribution is 2.21. The van der Waals surface area contributed by atoms with Crippen LogP contribution in [0, 0.1) is 5.92 Å². The zero-order valence-corrected chi connectivity index (χ0v) is 6.58. The van der Waals surface area contributed by atoms with E-state index in [0.717, 1.165) is 12.0 Å². The molecule has 0 fully saturated rings. The van der Waals surface area contributed by atoms with Crippen molar-refractivity contribution in [1.29, 1.82) is 0 Å². The summed E-state index contributed by atoms with van der Waals surface area (Å²) in [5.41, 5.74) is 0.958. The number of aliphatic carboxylic acids is 1. The first-order valence-corrected chi connectivity index (χ1v) is 3.85. The monoisotopic (exact) mass is 152 g/mol. The Morgan fingerprint density at radius 3 is 2.91 bits per heavy atom. The van der Waals surface area contributed by atoms with Gasteiger partial charge in [-0.15, -0.1) is 0 Å². The summed E-state index contributed by atoms with van der Waals surface area (Å²) in [6, 6.07) is 0. The Bertz CT molecular complexity index is 214. The van der Waals surface area contributed by atoms with E-state index < -0.39 is 5.97 Å².